The van der Waals surface area contributed by atoms with Crippen molar-refractivity contribution in [1.29, 1.82) is 0 Å². The monoisotopic (exact) mass is 384 g/mol. The fourth-order valence-electron chi connectivity index (χ4n) is 3.40. The van der Waals surface area contributed by atoms with Gasteiger partial charge in [0.25, 0.3) is 0 Å². The van der Waals surface area contributed by atoms with Gasteiger partial charge in [-0.15, -0.1) is 0 Å². The summed E-state index contributed by atoms with van der Waals surface area (Å²) in [4.78, 5) is 13.0. The molecule has 1 atom stereocenters. The Bertz CT molecular complexity index is 809. The lowest BCUT2D eigenvalue weighted by Crippen LogP contribution is -2.09. The second kappa shape index (κ2) is 10.0. The van der Waals surface area contributed by atoms with Crippen LogP contribution in [0.1, 0.15) is 70.8 Å². The molecule has 2 aromatic carbocycles. The summed E-state index contributed by atoms with van der Waals surface area (Å²) in [5, 5.41) is 1.11. The van der Waals surface area contributed by atoms with E-state index < -0.39 is 0 Å². The van der Waals surface area contributed by atoms with Crippen molar-refractivity contribution in [2.75, 3.05) is 6.61 Å². The van der Waals surface area contributed by atoms with Crippen molar-refractivity contribution >= 4 is 19.4 Å². The van der Waals surface area contributed by atoms with E-state index in [9.17, 15) is 4.79 Å². The zero-order valence-electron chi connectivity index (χ0n) is 17.7. The summed E-state index contributed by atoms with van der Waals surface area (Å²) in [6.45, 7) is 13.4. The van der Waals surface area contributed by atoms with Crippen LogP contribution in [-0.4, -0.2) is 12.1 Å². The Balaban J connectivity index is 2.08. The van der Waals surface area contributed by atoms with Crippen molar-refractivity contribution in [1.82, 2.24) is 0 Å². The number of carbonyl (C=O) groups is 1. The summed E-state index contributed by atoms with van der Waals surface area (Å²) < 4.78 is 5.86. The SMILES string of the molecule is CCCCCCOc1ccc(PC(=O)c2c(C)cc(C)c(C)c2C)c(C)c1. The lowest BCUT2D eigenvalue weighted by molar-refractivity contribution is 0.108. The third-order valence-electron chi connectivity index (χ3n) is 5.30. The van der Waals surface area contributed by atoms with Crippen LogP contribution in [0, 0.1) is 34.6 Å². The number of hydrogen-bond acceptors (Lipinski definition) is 2. The summed E-state index contributed by atoms with van der Waals surface area (Å²) in [7, 11) is 0.145. The van der Waals surface area contributed by atoms with Gasteiger partial charge in [-0.2, -0.15) is 0 Å². The molecule has 0 heterocycles. The van der Waals surface area contributed by atoms with Crippen LogP contribution in [0.25, 0.3) is 0 Å². The normalized spacial score (nSPS) is 11.3. The molecule has 0 aliphatic rings. The van der Waals surface area contributed by atoms with Gasteiger partial charge in [-0.25, -0.2) is 0 Å². The van der Waals surface area contributed by atoms with E-state index in [2.05, 4.69) is 52.8 Å². The van der Waals surface area contributed by atoms with E-state index in [-0.39, 0.29) is 14.1 Å². The standard InChI is InChI=1S/C24H33O2P/c1-7-8-9-10-13-26-21-11-12-22(17(3)15-21)27-24(25)23-18(4)14-16(2)19(5)20(23)6/h11-12,14-15,27H,7-10,13H2,1-6H3. The summed E-state index contributed by atoms with van der Waals surface area (Å²) in [6, 6.07) is 8.25. The van der Waals surface area contributed by atoms with Crippen LogP contribution in [0.2, 0.25) is 0 Å². The van der Waals surface area contributed by atoms with Crippen molar-refractivity contribution in [3.05, 3.63) is 57.6 Å². The number of unbranched alkanes of at least 4 members (excludes halogenated alkanes) is 3. The Kier molecular flexibility index (Phi) is 8.05. The predicted molar refractivity (Wildman–Crippen MR) is 118 cm³/mol. The van der Waals surface area contributed by atoms with Gasteiger partial charge in [0.1, 0.15) is 5.75 Å². The molecule has 2 aromatic rings. The molecule has 0 N–H and O–H groups in total. The average molecular weight is 385 g/mol. The van der Waals surface area contributed by atoms with E-state index in [1.54, 1.807) is 0 Å². The summed E-state index contributed by atoms with van der Waals surface area (Å²) in [5.41, 5.74) is 6.93. The Morgan fingerprint density at radius 3 is 2.30 bits per heavy atom. The molecule has 2 nitrogen and oxygen atoms in total. The quantitative estimate of drug-likeness (QED) is 0.373. The first-order valence-corrected chi connectivity index (χ1v) is 11.0. The molecule has 0 radical (unpaired) electrons. The van der Waals surface area contributed by atoms with E-state index in [4.69, 9.17) is 4.74 Å². The summed E-state index contributed by atoms with van der Waals surface area (Å²) in [6.07, 6.45) is 4.82. The van der Waals surface area contributed by atoms with Crippen LogP contribution in [0.4, 0.5) is 0 Å². The fraction of sp³-hybridized carbons (Fsp3) is 0.458. The van der Waals surface area contributed by atoms with Crippen LogP contribution in [0.5, 0.6) is 5.75 Å². The van der Waals surface area contributed by atoms with Gasteiger partial charge in [0.2, 0.25) is 0 Å². The topological polar surface area (TPSA) is 26.3 Å². The molecule has 0 bridgehead atoms. The third kappa shape index (κ3) is 5.66. The molecule has 0 spiro atoms. The molecule has 0 aliphatic heterocycles. The molecule has 0 aliphatic carbocycles. The molecule has 0 aromatic heterocycles. The van der Waals surface area contributed by atoms with Gasteiger partial charge in [0, 0.05) is 5.56 Å². The number of hydrogen-bond donors (Lipinski definition) is 0. The first-order valence-electron chi connectivity index (χ1n) is 9.97. The van der Waals surface area contributed by atoms with Gasteiger partial charge in [-0.05, 0) is 94.9 Å². The molecule has 0 amide bonds. The predicted octanol–water partition coefficient (Wildman–Crippen LogP) is 6.33. The maximum atomic E-state index is 13.0. The minimum absolute atomic E-state index is 0.145. The highest BCUT2D eigenvalue weighted by atomic mass is 31.1. The maximum Gasteiger partial charge on any atom is 0.186 e. The number of rotatable bonds is 9. The maximum absolute atomic E-state index is 13.0. The third-order valence-corrected chi connectivity index (χ3v) is 6.60. The minimum Gasteiger partial charge on any atom is -0.494 e. The molecule has 0 saturated heterocycles. The van der Waals surface area contributed by atoms with Crippen molar-refractivity contribution in [3.8, 4) is 5.75 Å². The highest BCUT2D eigenvalue weighted by molar-refractivity contribution is 7.66. The molecular weight excluding hydrogens is 351 g/mol. The lowest BCUT2D eigenvalue weighted by atomic mass is 9.95. The lowest BCUT2D eigenvalue weighted by Gasteiger charge is -2.15. The molecule has 2 rings (SSSR count). The molecule has 3 heteroatoms. The van der Waals surface area contributed by atoms with Crippen molar-refractivity contribution < 1.29 is 9.53 Å². The van der Waals surface area contributed by atoms with Crippen molar-refractivity contribution in [2.24, 2.45) is 0 Å². The Hall–Kier alpha value is -1.66. The van der Waals surface area contributed by atoms with Crippen LogP contribution in [-0.2, 0) is 0 Å². The fourth-order valence-corrected chi connectivity index (χ4v) is 4.59. The molecular formula is C24H33O2P. The van der Waals surface area contributed by atoms with E-state index in [0.29, 0.717) is 0 Å². The second-order valence-corrected chi connectivity index (χ2v) is 8.72. The molecule has 27 heavy (non-hydrogen) atoms. The van der Waals surface area contributed by atoms with Gasteiger partial charge in [0.15, 0.2) is 5.52 Å². The Labute approximate surface area is 166 Å². The van der Waals surface area contributed by atoms with Crippen LogP contribution in [0.3, 0.4) is 0 Å². The Morgan fingerprint density at radius 2 is 1.63 bits per heavy atom. The van der Waals surface area contributed by atoms with Gasteiger partial charge >= 0.3 is 0 Å². The molecule has 146 valence electrons. The minimum atomic E-state index is 0.145. The van der Waals surface area contributed by atoms with Crippen LogP contribution >= 0.6 is 8.58 Å². The largest absolute Gasteiger partial charge is 0.494 e. The van der Waals surface area contributed by atoms with Crippen LogP contribution in [0.15, 0.2) is 24.3 Å². The van der Waals surface area contributed by atoms with Crippen LogP contribution < -0.4 is 10.0 Å². The average Bonchev–Trinajstić information content (AvgIpc) is 2.62. The summed E-state index contributed by atoms with van der Waals surface area (Å²) in [5.74, 6) is 0.906. The van der Waals surface area contributed by atoms with E-state index in [1.807, 2.05) is 13.0 Å². The number of benzene rings is 2. The van der Waals surface area contributed by atoms with Crippen molar-refractivity contribution in [3.63, 3.8) is 0 Å². The molecule has 0 saturated carbocycles. The van der Waals surface area contributed by atoms with E-state index >= 15 is 0 Å². The molecule has 0 fully saturated rings. The van der Waals surface area contributed by atoms with Gasteiger partial charge in [-0.1, -0.05) is 38.3 Å². The Morgan fingerprint density at radius 1 is 0.889 bits per heavy atom. The van der Waals surface area contributed by atoms with Gasteiger partial charge in [-0.3, -0.25) is 4.79 Å². The van der Waals surface area contributed by atoms with E-state index in [0.717, 1.165) is 46.3 Å². The van der Waals surface area contributed by atoms with Gasteiger partial charge in [0.05, 0.1) is 6.61 Å². The first kappa shape index (κ1) is 21.6. The zero-order chi connectivity index (χ0) is 20.0. The smallest absolute Gasteiger partial charge is 0.186 e. The second-order valence-electron chi connectivity index (χ2n) is 7.48. The van der Waals surface area contributed by atoms with Gasteiger partial charge < -0.3 is 4.74 Å². The van der Waals surface area contributed by atoms with Crippen molar-refractivity contribution in [2.45, 2.75) is 67.2 Å². The summed E-state index contributed by atoms with van der Waals surface area (Å²) >= 11 is 0. The number of aryl methyl sites for hydroxylation is 3. The molecule has 1 unspecified atom stereocenters. The number of ether oxygens (including phenoxy) is 1. The van der Waals surface area contributed by atoms with E-state index in [1.165, 1.54) is 30.4 Å². The highest BCUT2D eigenvalue weighted by Crippen LogP contribution is 2.29. The highest BCUT2D eigenvalue weighted by Gasteiger charge is 2.17. The zero-order valence-corrected chi connectivity index (χ0v) is 18.7. The first-order chi connectivity index (χ1) is 12.8. The number of carbonyl (C=O) groups excluding carboxylic acids is 1.